The molecule has 1 saturated heterocycles. The number of hydrogen-bond donors (Lipinski definition) is 2. The van der Waals surface area contributed by atoms with Crippen LogP contribution in [-0.2, 0) is 6.54 Å². The van der Waals surface area contributed by atoms with Crippen molar-refractivity contribution in [3.8, 4) is 5.75 Å². The minimum atomic E-state index is -0.330. The van der Waals surface area contributed by atoms with E-state index in [1.54, 1.807) is 17.5 Å². The molecule has 31 heavy (non-hydrogen) atoms. The second-order valence-corrected chi connectivity index (χ2v) is 8.09. The van der Waals surface area contributed by atoms with Crippen molar-refractivity contribution in [2.75, 3.05) is 48.3 Å². The van der Waals surface area contributed by atoms with Crippen LogP contribution in [0.2, 0.25) is 0 Å². The van der Waals surface area contributed by atoms with Crippen molar-refractivity contribution in [2.24, 2.45) is 0 Å². The average molecular weight is 438 g/mol. The fourth-order valence-electron chi connectivity index (χ4n) is 3.56. The lowest BCUT2D eigenvalue weighted by Crippen LogP contribution is -2.46. The van der Waals surface area contributed by atoms with Gasteiger partial charge in [0, 0.05) is 32.7 Å². The smallest absolute Gasteiger partial charge is 0.323 e. The Morgan fingerprint density at radius 2 is 1.94 bits per heavy atom. The molecule has 1 aromatic carbocycles. The van der Waals surface area contributed by atoms with Crippen LogP contribution < -0.4 is 20.3 Å². The van der Waals surface area contributed by atoms with Crippen molar-refractivity contribution in [3.63, 3.8) is 0 Å². The average Bonchev–Trinajstić information content (AvgIpc) is 3.29. The molecule has 0 atom stereocenters. The molecule has 162 valence electrons. The number of aromatic nitrogens is 1. The summed E-state index contributed by atoms with van der Waals surface area (Å²) >= 11 is 1.75. The molecule has 0 unspecified atom stereocenters. The van der Waals surface area contributed by atoms with Gasteiger partial charge in [0.1, 0.15) is 11.6 Å². The zero-order valence-electron chi connectivity index (χ0n) is 17.6. The number of ether oxygens (including phenoxy) is 1. The van der Waals surface area contributed by atoms with E-state index < -0.39 is 0 Å². The number of thiophene rings is 1. The molecule has 3 aromatic rings. The number of nitrogens with one attached hydrogen (secondary N) is 2. The van der Waals surface area contributed by atoms with Gasteiger partial charge in [0.25, 0.3) is 0 Å². The first-order chi connectivity index (χ1) is 15.2. The lowest BCUT2D eigenvalue weighted by atomic mass is 10.2. The van der Waals surface area contributed by atoms with E-state index >= 15 is 0 Å². The molecule has 7 nitrogen and oxygen atoms in total. The Bertz CT molecular complexity index is 970. The van der Waals surface area contributed by atoms with Crippen LogP contribution in [0.3, 0.4) is 0 Å². The molecule has 2 amide bonds. The molecule has 0 radical (unpaired) electrons. The van der Waals surface area contributed by atoms with Crippen LogP contribution in [0.15, 0.2) is 59.4 Å². The molecule has 1 aliphatic rings. The summed E-state index contributed by atoms with van der Waals surface area (Å²) < 4.78 is 5.54. The van der Waals surface area contributed by atoms with E-state index in [4.69, 9.17) is 4.74 Å². The van der Waals surface area contributed by atoms with Crippen LogP contribution in [0.4, 0.5) is 22.0 Å². The Balaban J connectivity index is 1.28. The van der Waals surface area contributed by atoms with Crippen molar-refractivity contribution in [2.45, 2.75) is 13.5 Å². The SMILES string of the molecule is CCOc1ccccc1NC(=O)Nc1ccc(N2CCN(Cc3ccsc3)CC2)nc1. The van der Waals surface area contributed by atoms with Crippen molar-refractivity contribution in [1.29, 1.82) is 0 Å². The van der Waals surface area contributed by atoms with Gasteiger partial charge in [-0.05, 0) is 53.6 Å². The highest BCUT2D eigenvalue weighted by atomic mass is 32.1. The monoisotopic (exact) mass is 437 g/mol. The van der Waals surface area contributed by atoms with Crippen molar-refractivity contribution in [1.82, 2.24) is 9.88 Å². The molecule has 1 fully saturated rings. The largest absolute Gasteiger partial charge is 0.492 e. The van der Waals surface area contributed by atoms with E-state index in [9.17, 15) is 4.79 Å². The second-order valence-electron chi connectivity index (χ2n) is 7.31. The molecule has 2 aromatic heterocycles. The van der Waals surface area contributed by atoms with Gasteiger partial charge < -0.3 is 20.3 Å². The summed E-state index contributed by atoms with van der Waals surface area (Å²) in [6.07, 6.45) is 1.70. The number of benzene rings is 1. The predicted molar refractivity (Wildman–Crippen MR) is 126 cm³/mol. The van der Waals surface area contributed by atoms with Gasteiger partial charge in [-0.15, -0.1) is 0 Å². The number of nitrogens with zero attached hydrogens (tertiary/aromatic N) is 3. The van der Waals surface area contributed by atoms with Crippen molar-refractivity contribution >= 4 is 34.6 Å². The van der Waals surface area contributed by atoms with Crippen molar-refractivity contribution < 1.29 is 9.53 Å². The van der Waals surface area contributed by atoms with Gasteiger partial charge in [0.2, 0.25) is 0 Å². The molecule has 0 bridgehead atoms. The van der Waals surface area contributed by atoms with Gasteiger partial charge in [0.05, 0.1) is 24.2 Å². The summed E-state index contributed by atoms with van der Waals surface area (Å²) in [6, 6.07) is 13.1. The van der Waals surface area contributed by atoms with E-state index in [2.05, 4.69) is 42.2 Å². The minimum Gasteiger partial charge on any atom is -0.492 e. The fourth-order valence-corrected chi connectivity index (χ4v) is 4.22. The van der Waals surface area contributed by atoms with Gasteiger partial charge in [-0.2, -0.15) is 11.3 Å². The Kier molecular flexibility index (Phi) is 7.01. The molecule has 0 saturated carbocycles. The maximum Gasteiger partial charge on any atom is 0.323 e. The summed E-state index contributed by atoms with van der Waals surface area (Å²) in [5, 5.41) is 10.00. The van der Waals surface area contributed by atoms with Gasteiger partial charge in [0.15, 0.2) is 0 Å². The van der Waals surface area contributed by atoms with Gasteiger partial charge in [-0.3, -0.25) is 4.90 Å². The van der Waals surface area contributed by atoms with E-state index in [1.807, 2.05) is 43.3 Å². The predicted octanol–water partition coefficient (Wildman–Crippen LogP) is 4.51. The van der Waals surface area contributed by atoms with Crippen LogP contribution in [0, 0.1) is 0 Å². The highest BCUT2D eigenvalue weighted by Crippen LogP contribution is 2.24. The summed E-state index contributed by atoms with van der Waals surface area (Å²) in [4.78, 5) is 21.7. The first-order valence-electron chi connectivity index (χ1n) is 10.5. The number of urea groups is 1. The van der Waals surface area contributed by atoms with Gasteiger partial charge in [-0.25, -0.2) is 9.78 Å². The zero-order valence-corrected chi connectivity index (χ0v) is 18.4. The molecule has 0 aliphatic carbocycles. The number of piperazine rings is 1. The number of hydrogen-bond acceptors (Lipinski definition) is 6. The molecule has 2 N–H and O–H groups in total. The lowest BCUT2D eigenvalue weighted by Gasteiger charge is -2.35. The Hall–Kier alpha value is -3.10. The first-order valence-corrected chi connectivity index (χ1v) is 11.4. The molecular weight excluding hydrogens is 410 g/mol. The summed E-state index contributed by atoms with van der Waals surface area (Å²) in [5.74, 6) is 1.58. The van der Waals surface area contributed by atoms with Crippen LogP contribution in [0.25, 0.3) is 0 Å². The highest BCUT2D eigenvalue weighted by molar-refractivity contribution is 7.07. The third-order valence-corrected chi connectivity index (χ3v) is 5.86. The highest BCUT2D eigenvalue weighted by Gasteiger charge is 2.18. The second kappa shape index (κ2) is 10.3. The Morgan fingerprint density at radius 3 is 2.65 bits per heavy atom. The molecule has 8 heteroatoms. The number of para-hydroxylation sites is 2. The minimum absolute atomic E-state index is 0.330. The fraction of sp³-hybridized carbons (Fsp3) is 0.304. The zero-order chi connectivity index (χ0) is 21.5. The molecular formula is C23H27N5O2S. The molecule has 3 heterocycles. The standard InChI is InChI=1S/C23H27N5O2S/c1-2-30-21-6-4-3-5-20(21)26-23(29)25-19-7-8-22(24-15-19)28-12-10-27(11-13-28)16-18-9-14-31-17-18/h3-9,14-15,17H,2,10-13,16H2,1H3,(H2,25,26,29). The Morgan fingerprint density at radius 1 is 1.10 bits per heavy atom. The lowest BCUT2D eigenvalue weighted by molar-refractivity contribution is 0.249. The summed E-state index contributed by atoms with van der Waals surface area (Å²) in [6.45, 7) is 7.37. The molecule has 4 rings (SSSR count). The maximum atomic E-state index is 12.4. The number of carbonyl (C=O) groups excluding carboxylic acids is 1. The van der Waals surface area contributed by atoms with Crippen molar-refractivity contribution in [3.05, 3.63) is 65.0 Å². The van der Waals surface area contributed by atoms with E-state index in [0.29, 0.717) is 23.7 Å². The summed E-state index contributed by atoms with van der Waals surface area (Å²) in [7, 11) is 0. The quantitative estimate of drug-likeness (QED) is 0.569. The molecule has 0 spiro atoms. The van der Waals surface area contributed by atoms with E-state index in [1.165, 1.54) is 5.56 Å². The summed E-state index contributed by atoms with van der Waals surface area (Å²) in [5.41, 5.74) is 2.66. The van der Waals surface area contributed by atoms with Crippen LogP contribution in [-0.4, -0.2) is 48.7 Å². The normalized spacial score (nSPS) is 14.3. The van der Waals surface area contributed by atoms with E-state index in [-0.39, 0.29) is 6.03 Å². The molecule has 1 aliphatic heterocycles. The van der Waals surface area contributed by atoms with Crippen LogP contribution in [0.1, 0.15) is 12.5 Å². The number of amides is 2. The number of anilines is 3. The van der Waals surface area contributed by atoms with Crippen LogP contribution in [0.5, 0.6) is 5.75 Å². The third-order valence-electron chi connectivity index (χ3n) is 5.12. The number of rotatable bonds is 7. The van der Waals surface area contributed by atoms with Crippen LogP contribution >= 0.6 is 11.3 Å². The number of carbonyl (C=O) groups is 1. The maximum absolute atomic E-state index is 12.4. The topological polar surface area (TPSA) is 69.7 Å². The van der Waals surface area contributed by atoms with Gasteiger partial charge in [-0.1, -0.05) is 12.1 Å². The van der Waals surface area contributed by atoms with E-state index in [0.717, 1.165) is 38.5 Å². The Labute approximate surface area is 186 Å². The van der Waals surface area contributed by atoms with Gasteiger partial charge >= 0.3 is 6.03 Å². The first kappa shape index (κ1) is 21.1. The number of pyridine rings is 1. The third kappa shape index (κ3) is 5.74.